The van der Waals surface area contributed by atoms with Crippen LogP contribution < -0.4 is 20.5 Å². The molecule has 20 heavy (non-hydrogen) atoms. The number of nitrogens with one attached hydrogen (secondary N) is 1. The number of nitrogens with two attached hydrogens (primary N) is 1. The van der Waals surface area contributed by atoms with Gasteiger partial charge in [-0.1, -0.05) is 26.1 Å². The molecular weight excluding hydrogens is 276 g/mol. The Morgan fingerprint density at radius 3 is 2.05 bits per heavy atom. The lowest BCUT2D eigenvalue weighted by molar-refractivity contribution is 0.0939. The van der Waals surface area contributed by atoms with E-state index < -0.39 is 0 Å². The van der Waals surface area contributed by atoms with E-state index in [0.29, 0.717) is 17.1 Å². The van der Waals surface area contributed by atoms with Crippen LogP contribution in [0.2, 0.25) is 0 Å². The summed E-state index contributed by atoms with van der Waals surface area (Å²) < 4.78 is 10.3. The van der Waals surface area contributed by atoms with Crippen molar-refractivity contribution < 1.29 is 14.3 Å². The molecule has 5 nitrogen and oxygen atoms in total. The van der Waals surface area contributed by atoms with Crippen molar-refractivity contribution in [2.45, 2.75) is 19.9 Å². The van der Waals surface area contributed by atoms with Crippen LogP contribution >= 0.6 is 12.2 Å². The minimum atomic E-state index is -0.352. The van der Waals surface area contributed by atoms with Crippen molar-refractivity contribution in [3.05, 3.63) is 23.8 Å². The average Bonchev–Trinajstić information content (AvgIpc) is 2.42. The Hall–Kier alpha value is -1.82. The maximum absolute atomic E-state index is 12.3. The van der Waals surface area contributed by atoms with Gasteiger partial charge in [0.15, 0.2) is 0 Å². The molecule has 0 bridgehead atoms. The van der Waals surface area contributed by atoms with E-state index in [-0.39, 0.29) is 22.9 Å². The normalized spacial score (nSPS) is 11.8. The fraction of sp³-hybridized carbons (Fsp3) is 0.429. The molecule has 1 rings (SSSR count). The fourth-order valence-electron chi connectivity index (χ4n) is 1.73. The van der Waals surface area contributed by atoms with Crippen LogP contribution in [0.15, 0.2) is 18.2 Å². The lowest BCUT2D eigenvalue weighted by Crippen LogP contribution is -2.46. The molecule has 0 aromatic heterocycles. The van der Waals surface area contributed by atoms with Gasteiger partial charge in [0, 0.05) is 11.6 Å². The lowest BCUT2D eigenvalue weighted by atomic mass is 10.0. The van der Waals surface area contributed by atoms with E-state index in [1.54, 1.807) is 18.2 Å². The van der Waals surface area contributed by atoms with Crippen molar-refractivity contribution in [2.75, 3.05) is 14.2 Å². The van der Waals surface area contributed by atoms with Crippen LogP contribution in [0, 0.1) is 5.92 Å². The Balaban J connectivity index is 2.99. The van der Waals surface area contributed by atoms with Gasteiger partial charge in [-0.3, -0.25) is 4.79 Å². The quantitative estimate of drug-likeness (QED) is 0.782. The first-order chi connectivity index (χ1) is 9.38. The van der Waals surface area contributed by atoms with Gasteiger partial charge in [-0.15, -0.1) is 0 Å². The van der Waals surface area contributed by atoms with E-state index in [2.05, 4.69) is 5.32 Å². The molecule has 6 heteroatoms. The smallest absolute Gasteiger partial charge is 0.252 e. The number of ether oxygens (including phenoxy) is 2. The van der Waals surface area contributed by atoms with Crippen molar-refractivity contribution in [2.24, 2.45) is 11.7 Å². The molecule has 1 unspecified atom stereocenters. The second-order valence-corrected chi connectivity index (χ2v) is 5.17. The number of carbonyl (C=O) groups is 1. The zero-order valence-corrected chi connectivity index (χ0v) is 12.9. The number of methoxy groups -OCH3 is 2. The van der Waals surface area contributed by atoms with Gasteiger partial charge in [-0.05, 0) is 18.1 Å². The Kier molecular flexibility index (Phi) is 5.76. The molecule has 0 saturated heterocycles. The van der Waals surface area contributed by atoms with Crippen molar-refractivity contribution in [3.8, 4) is 11.5 Å². The highest BCUT2D eigenvalue weighted by Gasteiger charge is 2.20. The summed E-state index contributed by atoms with van der Waals surface area (Å²) in [6.45, 7) is 3.88. The van der Waals surface area contributed by atoms with Gasteiger partial charge in [0.25, 0.3) is 5.91 Å². The Morgan fingerprint density at radius 1 is 1.20 bits per heavy atom. The van der Waals surface area contributed by atoms with Gasteiger partial charge in [-0.25, -0.2) is 0 Å². The number of benzene rings is 1. The van der Waals surface area contributed by atoms with Crippen molar-refractivity contribution in [1.29, 1.82) is 0 Å². The first kappa shape index (κ1) is 16.2. The van der Waals surface area contributed by atoms with Gasteiger partial charge in [0.2, 0.25) is 0 Å². The Morgan fingerprint density at radius 2 is 1.70 bits per heavy atom. The summed E-state index contributed by atoms with van der Waals surface area (Å²) in [6, 6.07) is 4.61. The maximum Gasteiger partial charge on any atom is 0.252 e. The van der Waals surface area contributed by atoms with E-state index in [9.17, 15) is 4.79 Å². The van der Waals surface area contributed by atoms with Crippen LogP contribution in [-0.4, -0.2) is 31.2 Å². The molecule has 0 saturated carbocycles. The average molecular weight is 296 g/mol. The standard InChI is InChI=1S/C14H20N2O3S/c1-8(2)12(13(15)20)16-14(17)9-5-10(18-3)7-11(6-9)19-4/h5-8,12H,1-4H3,(H2,15,20)(H,16,17). The SMILES string of the molecule is COc1cc(OC)cc(C(=O)NC(C(N)=S)C(C)C)c1. The van der Waals surface area contributed by atoms with Crippen LogP contribution in [0.25, 0.3) is 0 Å². The second-order valence-electron chi connectivity index (χ2n) is 4.70. The zero-order valence-electron chi connectivity index (χ0n) is 12.1. The summed E-state index contributed by atoms with van der Waals surface area (Å²) in [7, 11) is 3.06. The number of amides is 1. The summed E-state index contributed by atoms with van der Waals surface area (Å²) >= 11 is 4.97. The second kappa shape index (κ2) is 7.09. The minimum Gasteiger partial charge on any atom is -0.497 e. The molecule has 0 aliphatic heterocycles. The van der Waals surface area contributed by atoms with E-state index >= 15 is 0 Å². The Labute approximate surface area is 124 Å². The van der Waals surface area contributed by atoms with Crippen molar-refractivity contribution in [1.82, 2.24) is 5.32 Å². The Bertz CT molecular complexity index is 481. The number of carbonyl (C=O) groups excluding carboxylic acids is 1. The molecule has 1 aromatic rings. The predicted octanol–water partition coefficient (Wildman–Crippen LogP) is 1.74. The largest absolute Gasteiger partial charge is 0.497 e. The van der Waals surface area contributed by atoms with Gasteiger partial charge in [-0.2, -0.15) is 0 Å². The monoisotopic (exact) mass is 296 g/mol. The first-order valence-electron chi connectivity index (χ1n) is 6.22. The molecule has 110 valence electrons. The number of hydrogen-bond acceptors (Lipinski definition) is 4. The molecule has 1 atom stereocenters. The third-order valence-corrected chi connectivity index (χ3v) is 3.13. The highest BCUT2D eigenvalue weighted by Crippen LogP contribution is 2.22. The fourth-order valence-corrected chi connectivity index (χ4v) is 2.06. The van der Waals surface area contributed by atoms with E-state index in [1.807, 2.05) is 13.8 Å². The minimum absolute atomic E-state index is 0.115. The molecule has 1 amide bonds. The molecule has 3 N–H and O–H groups in total. The van der Waals surface area contributed by atoms with Crippen LogP contribution in [0.1, 0.15) is 24.2 Å². The molecule has 0 aliphatic carbocycles. The van der Waals surface area contributed by atoms with Crippen LogP contribution in [0.4, 0.5) is 0 Å². The number of thiocarbonyl (C=S) groups is 1. The van der Waals surface area contributed by atoms with Crippen molar-refractivity contribution in [3.63, 3.8) is 0 Å². The van der Waals surface area contributed by atoms with Gasteiger partial charge in [0.1, 0.15) is 11.5 Å². The molecule has 0 radical (unpaired) electrons. The summed E-state index contributed by atoms with van der Waals surface area (Å²) in [4.78, 5) is 12.5. The molecule has 0 fully saturated rings. The predicted molar refractivity (Wildman–Crippen MR) is 82.4 cm³/mol. The number of hydrogen-bond donors (Lipinski definition) is 2. The molecule has 0 aliphatic rings. The van der Waals surface area contributed by atoms with E-state index in [4.69, 9.17) is 27.4 Å². The molecular formula is C14H20N2O3S. The first-order valence-corrected chi connectivity index (χ1v) is 6.63. The summed E-state index contributed by atoms with van der Waals surface area (Å²) in [5.41, 5.74) is 6.08. The topological polar surface area (TPSA) is 73.6 Å². The highest BCUT2D eigenvalue weighted by atomic mass is 32.1. The van der Waals surface area contributed by atoms with Gasteiger partial charge < -0.3 is 20.5 Å². The summed E-state index contributed by atoms with van der Waals surface area (Å²) in [6.07, 6.45) is 0. The summed E-state index contributed by atoms with van der Waals surface area (Å²) in [5.74, 6) is 0.939. The number of rotatable bonds is 6. The lowest BCUT2D eigenvalue weighted by Gasteiger charge is -2.21. The van der Waals surface area contributed by atoms with Crippen LogP contribution in [0.5, 0.6) is 11.5 Å². The maximum atomic E-state index is 12.3. The van der Waals surface area contributed by atoms with E-state index in [0.717, 1.165) is 0 Å². The summed E-state index contributed by atoms with van der Waals surface area (Å²) in [5, 5.41) is 2.82. The van der Waals surface area contributed by atoms with E-state index in [1.165, 1.54) is 14.2 Å². The molecule has 0 heterocycles. The molecule has 0 spiro atoms. The van der Waals surface area contributed by atoms with Gasteiger partial charge in [0.05, 0.1) is 25.2 Å². The zero-order chi connectivity index (χ0) is 15.3. The molecule has 1 aromatic carbocycles. The third-order valence-electron chi connectivity index (χ3n) is 2.87. The van der Waals surface area contributed by atoms with Crippen LogP contribution in [0.3, 0.4) is 0 Å². The third kappa shape index (κ3) is 4.09. The highest BCUT2D eigenvalue weighted by molar-refractivity contribution is 7.80. The van der Waals surface area contributed by atoms with Crippen molar-refractivity contribution >= 4 is 23.1 Å². The van der Waals surface area contributed by atoms with Crippen LogP contribution in [-0.2, 0) is 0 Å². The van der Waals surface area contributed by atoms with Gasteiger partial charge >= 0.3 is 0 Å².